The fourth-order valence-corrected chi connectivity index (χ4v) is 6.36. The first kappa shape index (κ1) is 34.6. The lowest BCUT2D eigenvalue weighted by molar-refractivity contribution is 0.346. The number of aryl methyl sites for hydroxylation is 1. The summed E-state index contributed by atoms with van der Waals surface area (Å²) in [5.74, 6) is 2.31. The van der Waals surface area contributed by atoms with Gasteiger partial charge >= 0.3 is 7.94 Å². The second kappa shape index (κ2) is 19.6. The summed E-state index contributed by atoms with van der Waals surface area (Å²) in [5.41, 5.74) is 3.73. The van der Waals surface area contributed by atoms with Crippen LogP contribution in [-0.2, 0) is 19.3 Å². The highest BCUT2D eigenvalue weighted by atomic mass is 31.2. The molecule has 0 bridgehead atoms. The van der Waals surface area contributed by atoms with Gasteiger partial charge in [0.2, 0.25) is 0 Å². The molecule has 216 valence electrons. The zero-order chi connectivity index (χ0) is 27.7. The predicted molar refractivity (Wildman–Crippen MR) is 165 cm³/mol. The van der Waals surface area contributed by atoms with Gasteiger partial charge in [-0.15, -0.1) is 0 Å². The van der Waals surface area contributed by atoms with E-state index >= 15 is 0 Å². The van der Waals surface area contributed by atoms with E-state index in [1.807, 2.05) is 6.07 Å². The quantitative estimate of drug-likeness (QED) is 0.102. The maximum absolute atomic E-state index is 10.3. The molecular formula is C33H62O3P+. The minimum atomic E-state index is -4.04. The number of benzene rings is 1. The number of hydrogen-bond donors (Lipinski definition) is 3. The van der Waals surface area contributed by atoms with Crippen molar-refractivity contribution in [1.29, 1.82) is 0 Å². The topological polar surface area (TPSA) is 60.7 Å². The van der Waals surface area contributed by atoms with E-state index in [1.54, 1.807) is 0 Å². The lowest BCUT2D eigenvalue weighted by Crippen LogP contribution is -2.19. The van der Waals surface area contributed by atoms with Crippen molar-refractivity contribution >= 4 is 13.2 Å². The average Bonchev–Trinajstić information content (AvgIpc) is 2.80. The molecule has 0 saturated heterocycles. The van der Waals surface area contributed by atoms with Gasteiger partial charge in [-0.25, -0.2) is 0 Å². The van der Waals surface area contributed by atoms with Gasteiger partial charge in [-0.05, 0) is 73.5 Å². The van der Waals surface area contributed by atoms with Gasteiger partial charge in [0.1, 0.15) is 0 Å². The third-order valence-corrected chi connectivity index (χ3v) is 8.79. The van der Waals surface area contributed by atoms with Crippen LogP contribution in [0.1, 0.15) is 155 Å². The molecule has 3 nitrogen and oxygen atoms in total. The van der Waals surface area contributed by atoms with E-state index in [2.05, 4.69) is 47.6 Å². The van der Waals surface area contributed by atoms with Gasteiger partial charge in [0.25, 0.3) is 0 Å². The van der Waals surface area contributed by atoms with E-state index in [0.29, 0.717) is 5.30 Å². The summed E-state index contributed by atoms with van der Waals surface area (Å²) in [4.78, 5) is 31.0. The van der Waals surface area contributed by atoms with Gasteiger partial charge in [-0.3, -0.25) is 0 Å². The first-order valence-electron chi connectivity index (χ1n) is 15.7. The molecule has 0 atom stereocenters. The van der Waals surface area contributed by atoms with Crippen LogP contribution >= 0.6 is 7.94 Å². The normalized spacial score (nSPS) is 12.4. The van der Waals surface area contributed by atoms with Gasteiger partial charge in [-0.2, -0.15) is 14.7 Å². The standard InChI is InChI=1S/C33H62O3P/c1-27(2)19-13-7-10-16-22-30-25-26-33(37(34,35)36)32(24-18-12-9-15-21-29(5)6)31(30)23-17-11-8-14-20-28(3)4/h25-29,34-36H,7-24H2,1-6H3/q+1. The second-order valence-electron chi connectivity index (χ2n) is 12.8. The summed E-state index contributed by atoms with van der Waals surface area (Å²) in [6.07, 6.45) is 21.4. The van der Waals surface area contributed by atoms with Crippen molar-refractivity contribution in [2.45, 2.75) is 157 Å². The molecule has 0 aliphatic carbocycles. The molecule has 4 heteroatoms. The zero-order valence-corrected chi connectivity index (χ0v) is 26.3. The highest BCUT2D eigenvalue weighted by molar-refractivity contribution is 7.66. The molecule has 3 N–H and O–H groups in total. The molecule has 1 rings (SSSR count). The zero-order valence-electron chi connectivity index (χ0n) is 25.4. The highest BCUT2D eigenvalue weighted by Crippen LogP contribution is 2.45. The minimum Gasteiger partial charge on any atom is -0.189 e. The second-order valence-corrected chi connectivity index (χ2v) is 14.4. The van der Waals surface area contributed by atoms with Crippen LogP contribution in [0, 0.1) is 17.8 Å². The van der Waals surface area contributed by atoms with Crippen molar-refractivity contribution in [3.63, 3.8) is 0 Å². The number of hydrogen-bond acceptors (Lipinski definition) is 3. The van der Waals surface area contributed by atoms with Gasteiger partial charge in [-0.1, -0.05) is 125 Å². The van der Waals surface area contributed by atoms with Crippen LogP contribution in [0.5, 0.6) is 0 Å². The summed E-state index contributed by atoms with van der Waals surface area (Å²) in [7, 11) is -4.04. The van der Waals surface area contributed by atoms with Gasteiger partial charge in [0, 0.05) is 5.56 Å². The summed E-state index contributed by atoms with van der Waals surface area (Å²) in [6, 6.07) is 3.91. The molecule has 0 radical (unpaired) electrons. The monoisotopic (exact) mass is 537 g/mol. The van der Waals surface area contributed by atoms with E-state index in [0.717, 1.165) is 61.8 Å². The van der Waals surface area contributed by atoms with Crippen LogP contribution in [0.4, 0.5) is 0 Å². The van der Waals surface area contributed by atoms with Crippen LogP contribution < -0.4 is 5.30 Å². The van der Waals surface area contributed by atoms with E-state index < -0.39 is 7.94 Å². The minimum absolute atomic E-state index is 0.408. The Morgan fingerprint density at radius 1 is 0.486 bits per heavy atom. The van der Waals surface area contributed by atoms with Gasteiger partial charge in [0.05, 0.1) is 0 Å². The molecular weight excluding hydrogens is 475 g/mol. The molecule has 0 saturated carbocycles. The van der Waals surface area contributed by atoms with E-state index in [1.165, 1.54) is 88.2 Å². The largest absolute Gasteiger partial charge is 0.441 e. The van der Waals surface area contributed by atoms with Crippen molar-refractivity contribution in [3.05, 3.63) is 28.8 Å². The molecule has 0 aromatic heterocycles. The van der Waals surface area contributed by atoms with Crippen LogP contribution in [0.15, 0.2) is 12.1 Å². The molecule has 0 amide bonds. The Bertz CT molecular complexity index is 706. The Balaban J connectivity index is 2.93. The third-order valence-electron chi connectivity index (χ3n) is 7.72. The Morgan fingerprint density at radius 2 is 0.865 bits per heavy atom. The van der Waals surface area contributed by atoms with Crippen LogP contribution in [0.3, 0.4) is 0 Å². The highest BCUT2D eigenvalue weighted by Gasteiger charge is 2.38. The Kier molecular flexibility index (Phi) is 18.3. The van der Waals surface area contributed by atoms with Crippen molar-refractivity contribution in [3.8, 4) is 0 Å². The smallest absolute Gasteiger partial charge is 0.189 e. The molecule has 0 spiro atoms. The maximum atomic E-state index is 10.3. The predicted octanol–water partition coefficient (Wildman–Crippen LogP) is 9.50. The SMILES string of the molecule is CC(C)CCCCCCc1ccc([P+](O)(O)O)c(CCCCCCC(C)C)c1CCCCCCC(C)C. The lowest BCUT2D eigenvalue weighted by atomic mass is 9.89. The first-order valence-corrected chi connectivity index (χ1v) is 17.4. The van der Waals surface area contributed by atoms with Crippen LogP contribution in [0.2, 0.25) is 0 Å². The molecule has 0 aliphatic rings. The number of unbranched alkanes of at least 4 members (excludes halogenated alkanes) is 9. The summed E-state index contributed by atoms with van der Waals surface area (Å²) in [6.45, 7) is 13.8. The molecule has 1 aromatic carbocycles. The van der Waals surface area contributed by atoms with Crippen molar-refractivity contribution in [1.82, 2.24) is 0 Å². The van der Waals surface area contributed by atoms with Gasteiger partial charge < -0.3 is 0 Å². The van der Waals surface area contributed by atoms with Crippen molar-refractivity contribution < 1.29 is 14.7 Å². The molecule has 0 aliphatic heterocycles. The van der Waals surface area contributed by atoms with Crippen LogP contribution in [0.25, 0.3) is 0 Å². The van der Waals surface area contributed by atoms with Gasteiger partial charge in [0.15, 0.2) is 5.30 Å². The summed E-state index contributed by atoms with van der Waals surface area (Å²) in [5, 5.41) is 0.408. The number of rotatable bonds is 22. The molecule has 0 unspecified atom stereocenters. The average molecular weight is 538 g/mol. The maximum Gasteiger partial charge on any atom is 0.441 e. The lowest BCUT2D eigenvalue weighted by Gasteiger charge is -2.19. The fraction of sp³-hybridized carbons (Fsp3) is 0.818. The summed E-state index contributed by atoms with van der Waals surface area (Å²) >= 11 is 0. The molecule has 37 heavy (non-hydrogen) atoms. The molecule has 1 aromatic rings. The molecule has 0 heterocycles. The Morgan fingerprint density at radius 3 is 1.27 bits per heavy atom. The molecule has 0 fully saturated rings. The van der Waals surface area contributed by atoms with Crippen molar-refractivity contribution in [2.75, 3.05) is 0 Å². The Labute approximate surface area is 231 Å². The van der Waals surface area contributed by atoms with E-state index in [4.69, 9.17) is 0 Å². The van der Waals surface area contributed by atoms with Crippen LogP contribution in [-0.4, -0.2) is 14.7 Å². The van der Waals surface area contributed by atoms with Crippen molar-refractivity contribution in [2.24, 2.45) is 17.8 Å². The summed E-state index contributed by atoms with van der Waals surface area (Å²) < 4.78 is 0. The first-order chi connectivity index (χ1) is 17.5. The van der Waals surface area contributed by atoms with E-state index in [9.17, 15) is 14.7 Å². The van der Waals surface area contributed by atoms with E-state index in [-0.39, 0.29) is 0 Å². The Hall–Kier alpha value is -0.470. The third kappa shape index (κ3) is 16.3. The fourth-order valence-electron chi connectivity index (χ4n) is 5.47.